The normalized spacial score (nSPS) is 10.5. The van der Waals surface area contributed by atoms with E-state index in [-0.39, 0.29) is 0 Å². The van der Waals surface area contributed by atoms with Gasteiger partial charge in [-0.05, 0) is 24.6 Å². The Morgan fingerprint density at radius 3 is 2.71 bits per heavy atom. The van der Waals surface area contributed by atoms with Crippen LogP contribution in [-0.4, -0.2) is 30.2 Å². The number of aromatic nitrogens is 2. The van der Waals surface area contributed by atoms with Gasteiger partial charge in [0.15, 0.2) is 0 Å². The molecule has 2 aromatic heterocycles. The maximum Gasteiger partial charge on any atom is 0.141 e. The van der Waals surface area contributed by atoms with E-state index in [1.54, 1.807) is 24.8 Å². The smallest absolute Gasteiger partial charge is 0.141 e. The Bertz CT molecular complexity index is 867. The van der Waals surface area contributed by atoms with Gasteiger partial charge in [0.1, 0.15) is 22.7 Å². The molecular weight excluding hydrogens is 320 g/mol. The Labute approximate surface area is 145 Å². The Kier molecular flexibility index (Phi) is 4.92. The van der Waals surface area contributed by atoms with Gasteiger partial charge in [0.25, 0.3) is 0 Å². The third kappa shape index (κ3) is 3.03. The number of nitriles is 1. The van der Waals surface area contributed by atoms with Gasteiger partial charge in [-0.25, -0.2) is 9.97 Å². The topological polar surface area (TPSA) is 62.0 Å². The van der Waals surface area contributed by atoms with Crippen molar-refractivity contribution in [2.24, 2.45) is 0 Å². The van der Waals surface area contributed by atoms with Gasteiger partial charge in [-0.2, -0.15) is 5.26 Å². The maximum absolute atomic E-state index is 8.89. The zero-order valence-electron chi connectivity index (χ0n) is 13.7. The number of anilines is 1. The first-order chi connectivity index (χ1) is 11.8. The second kappa shape index (κ2) is 7.28. The molecule has 0 aliphatic heterocycles. The Morgan fingerprint density at radius 1 is 1.25 bits per heavy atom. The van der Waals surface area contributed by atoms with Gasteiger partial charge >= 0.3 is 0 Å². The van der Waals surface area contributed by atoms with Crippen LogP contribution in [0.25, 0.3) is 21.3 Å². The molecular formula is C18H18N4OS. The van der Waals surface area contributed by atoms with E-state index in [1.165, 1.54) is 0 Å². The van der Waals surface area contributed by atoms with Crippen molar-refractivity contribution in [3.8, 4) is 22.9 Å². The molecule has 122 valence electrons. The summed E-state index contributed by atoms with van der Waals surface area (Å²) in [5.41, 5.74) is 2.22. The van der Waals surface area contributed by atoms with E-state index in [0.29, 0.717) is 13.0 Å². The number of benzene rings is 1. The molecule has 6 heteroatoms. The van der Waals surface area contributed by atoms with E-state index in [9.17, 15) is 0 Å². The van der Waals surface area contributed by atoms with E-state index in [4.69, 9.17) is 10.00 Å². The number of rotatable bonds is 6. The summed E-state index contributed by atoms with van der Waals surface area (Å²) in [7, 11) is 1.66. The highest BCUT2D eigenvalue weighted by Crippen LogP contribution is 2.38. The largest absolute Gasteiger partial charge is 0.497 e. The monoisotopic (exact) mass is 338 g/mol. The van der Waals surface area contributed by atoms with E-state index in [1.807, 2.05) is 24.3 Å². The van der Waals surface area contributed by atoms with Gasteiger partial charge in [0, 0.05) is 24.0 Å². The summed E-state index contributed by atoms with van der Waals surface area (Å²) in [6, 6.07) is 10.2. The Hall–Kier alpha value is -2.65. The second-order valence-corrected chi connectivity index (χ2v) is 6.10. The summed E-state index contributed by atoms with van der Waals surface area (Å²) in [6.45, 7) is 3.54. The van der Waals surface area contributed by atoms with Crippen LogP contribution in [0.15, 0.2) is 36.0 Å². The minimum Gasteiger partial charge on any atom is -0.497 e. The fraction of sp³-hybridized carbons (Fsp3) is 0.278. The van der Waals surface area contributed by atoms with Crippen LogP contribution in [0.5, 0.6) is 5.75 Å². The van der Waals surface area contributed by atoms with E-state index < -0.39 is 0 Å². The molecule has 0 radical (unpaired) electrons. The number of fused-ring (bicyclic) bond motifs is 1. The molecule has 0 atom stereocenters. The quantitative estimate of drug-likeness (QED) is 0.677. The minimum atomic E-state index is 0.474. The van der Waals surface area contributed by atoms with Crippen molar-refractivity contribution in [3.05, 3.63) is 36.0 Å². The van der Waals surface area contributed by atoms with Gasteiger partial charge in [-0.15, -0.1) is 11.3 Å². The molecule has 0 saturated carbocycles. The van der Waals surface area contributed by atoms with E-state index >= 15 is 0 Å². The van der Waals surface area contributed by atoms with Gasteiger partial charge in [-0.3, -0.25) is 0 Å². The lowest BCUT2D eigenvalue weighted by atomic mass is 10.1. The summed E-state index contributed by atoms with van der Waals surface area (Å²) in [6.07, 6.45) is 2.07. The molecule has 0 fully saturated rings. The van der Waals surface area contributed by atoms with Crippen molar-refractivity contribution >= 4 is 27.4 Å². The molecule has 3 aromatic rings. The van der Waals surface area contributed by atoms with Crippen LogP contribution >= 0.6 is 11.3 Å². The zero-order chi connectivity index (χ0) is 16.9. The molecule has 0 bridgehead atoms. The van der Waals surface area contributed by atoms with Gasteiger partial charge in [0.2, 0.25) is 0 Å². The van der Waals surface area contributed by atoms with Crippen molar-refractivity contribution in [2.75, 3.05) is 25.1 Å². The van der Waals surface area contributed by atoms with Crippen LogP contribution in [0, 0.1) is 11.3 Å². The minimum absolute atomic E-state index is 0.474. The standard InChI is InChI=1S/C18H18N4OS/c1-3-22(10-4-9-19)17-16-15(11-24-18(16)21-12-20-17)13-5-7-14(23-2)8-6-13/h5-8,11-12H,3-4,10H2,1-2H3. The maximum atomic E-state index is 8.89. The summed E-state index contributed by atoms with van der Waals surface area (Å²) in [4.78, 5) is 12.0. The van der Waals surface area contributed by atoms with Crippen molar-refractivity contribution in [2.45, 2.75) is 13.3 Å². The predicted octanol–water partition coefficient (Wildman–Crippen LogP) is 4.11. The van der Waals surface area contributed by atoms with Crippen LogP contribution in [-0.2, 0) is 0 Å². The molecule has 0 saturated heterocycles. The van der Waals surface area contributed by atoms with E-state index in [0.717, 1.165) is 39.5 Å². The molecule has 0 amide bonds. The predicted molar refractivity (Wildman–Crippen MR) is 97.5 cm³/mol. The SMILES string of the molecule is CCN(CCC#N)c1ncnc2scc(-c3ccc(OC)cc3)c12. The summed E-state index contributed by atoms with van der Waals surface area (Å²) >= 11 is 1.61. The van der Waals surface area contributed by atoms with Crippen molar-refractivity contribution < 1.29 is 4.74 Å². The fourth-order valence-electron chi connectivity index (χ4n) is 2.68. The van der Waals surface area contributed by atoms with Gasteiger partial charge < -0.3 is 9.64 Å². The highest BCUT2D eigenvalue weighted by Gasteiger charge is 2.17. The molecule has 24 heavy (non-hydrogen) atoms. The molecule has 0 spiro atoms. The summed E-state index contributed by atoms with van der Waals surface area (Å²) in [5, 5.41) is 12.1. The highest BCUT2D eigenvalue weighted by molar-refractivity contribution is 7.17. The lowest BCUT2D eigenvalue weighted by molar-refractivity contribution is 0.415. The lowest BCUT2D eigenvalue weighted by Crippen LogP contribution is -2.25. The van der Waals surface area contributed by atoms with Crippen LogP contribution in [0.1, 0.15) is 13.3 Å². The first-order valence-electron chi connectivity index (χ1n) is 7.77. The number of hydrogen-bond donors (Lipinski definition) is 0. The molecule has 0 aliphatic rings. The highest BCUT2D eigenvalue weighted by atomic mass is 32.1. The Balaban J connectivity index is 2.10. The number of ether oxygens (including phenoxy) is 1. The van der Waals surface area contributed by atoms with Crippen LogP contribution in [0.4, 0.5) is 5.82 Å². The number of thiophene rings is 1. The first-order valence-corrected chi connectivity index (χ1v) is 8.65. The van der Waals surface area contributed by atoms with Gasteiger partial charge in [-0.1, -0.05) is 12.1 Å². The van der Waals surface area contributed by atoms with Crippen molar-refractivity contribution in [1.82, 2.24) is 9.97 Å². The number of methoxy groups -OCH3 is 1. The van der Waals surface area contributed by atoms with Crippen molar-refractivity contribution in [1.29, 1.82) is 5.26 Å². The van der Waals surface area contributed by atoms with E-state index in [2.05, 4.69) is 33.2 Å². The molecule has 0 unspecified atom stereocenters. The molecule has 5 nitrogen and oxygen atoms in total. The third-order valence-electron chi connectivity index (χ3n) is 3.93. The van der Waals surface area contributed by atoms with Crippen LogP contribution in [0.3, 0.4) is 0 Å². The van der Waals surface area contributed by atoms with Crippen molar-refractivity contribution in [3.63, 3.8) is 0 Å². The average molecular weight is 338 g/mol. The average Bonchev–Trinajstić information content (AvgIpc) is 3.07. The summed E-state index contributed by atoms with van der Waals surface area (Å²) < 4.78 is 5.24. The second-order valence-electron chi connectivity index (χ2n) is 5.24. The number of nitrogens with zero attached hydrogens (tertiary/aromatic N) is 4. The first kappa shape index (κ1) is 16.2. The molecule has 3 rings (SSSR count). The van der Waals surface area contributed by atoms with Crippen LogP contribution in [0.2, 0.25) is 0 Å². The van der Waals surface area contributed by atoms with Gasteiger partial charge in [0.05, 0.1) is 25.0 Å². The molecule has 0 N–H and O–H groups in total. The zero-order valence-corrected chi connectivity index (χ0v) is 14.5. The fourth-order valence-corrected chi connectivity index (χ4v) is 3.59. The Morgan fingerprint density at radius 2 is 2.04 bits per heavy atom. The summed E-state index contributed by atoms with van der Waals surface area (Å²) in [5.74, 6) is 1.73. The van der Waals surface area contributed by atoms with Crippen LogP contribution < -0.4 is 9.64 Å². The third-order valence-corrected chi connectivity index (χ3v) is 4.81. The molecule has 0 aliphatic carbocycles. The molecule has 1 aromatic carbocycles. The molecule has 2 heterocycles. The lowest BCUT2D eigenvalue weighted by Gasteiger charge is -2.21. The number of hydrogen-bond acceptors (Lipinski definition) is 6.